The van der Waals surface area contributed by atoms with Gasteiger partial charge in [-0.2, -0.15) is 0 Å². The van der Waals surface area contributed by atoms with Gasteiger partial charge in [-0.1, -0.05) is 6.92 Å². The minimum Gasteiger partial charge on any atom is -0.367 e. The molecule has 1 aromatic rings. The zero-order chi connectivity index (χ0) is 20.5. The fourth-order valence-corrected chi connectivity index (χ4v) is 5.53. The van der Waals surface area contributed by atoms with E-state index in [-0.39, 0.29) is 41.1 Å². The number of rotatable bonds is 2. The van der Waals surface area contributed by atoms with Gasteiger partial charge in [-0.3, -0.25) is 24.6 Å². The van der Waals surface area contributed by atoms with E-state index in [0.717, 1.165) is 31.4 Å². The van der Waals surface area contributed by atoms with Crippen molar-refractivity contribution in [3.05, 3.63) is 33.9 Å². The quantitative estimate of drug-likeness (QED) is 0.345. The van der Waals surface area contributed by atoms with Crippen molar-refractivity contribution >= 4 is 40.5 Å². The van der Waals surface area contributed by atoms with Crippen LogP contribution in [-0.4, -0.2) is 45.4 Å². The molecule has 0 radical (unpaired) electrons. The SMILES string of the molecule is C[C@@H]1CCN2c3ccc([N+](=O)[O-])cc3C[C@]3(C(=O)NC(=S)N(C4CC4)C3=O)[C@@H]2C1. The Hall–Kier alpha value is -2.55. The van der Waals surface area contributed by atoms with Gasteiger partial charge in [-0.25, -0.2) is 0 Å². The van der Waals surface area contributed by atoms with Crippen molar-refractivity contribution in [2.24, 2.45) is 11.3 Å². The lowest BCUT2D eigenvalue weighted by molar-refractivity contribution is -0.384. The number of amides is 2. The molecular formula is C20H22N4O4S. The molecule has 4 aliphatic rings. The molecule has 1 N–H and O–H groups in total. The summed E-state index contributed by atoms with van der Waals surface area (Å²) >= 11 is 5.32. The lowest BCUT2D eigenvalue weighted by atomic mass is 9.65. The topological polar surface area (TPSA) is 95.8 Å². The van der Waals surface area contributed by atoms with Gasteiger partial charge in [0.1, 0.15) is 0 Å². The highest BCUT2D eigenvalue weighted by Crippen LogP contribution is 2.50. The molecule has 9 heteroatoms. The monoisotopic (exact) mass is 414 g/mol. The number of nitrogens with zero attached hydrogens (tertiary/aromatic N) is 3. The third-order valence-electron chi connectivity index (χ3n) is 6.84. The Balaban J connectivity index is 1.67. The fraction of sp³-hybridized carbons (Fsp3) is 0.550. The van der Waals surface area contributed by atoms with Crippen LogP contribution in [0.5, 0.6) is 0 Å². The number of hydrogen-bond acceptors (Lipinski definition) is 6. The molecule has 1 aliphatic carbocycles. The summed E-state index contributed by atoms with van der Waals surface area (Å²) in [5.74, 6) is -0.225. The summed E-state index contributed by atoms with van der Waals surface area (Å²) < 4.78 is 0. The number of non-ortho nitro benzene ring substituents is 1. The largest absolute Gasteiger partial charge is 0.367 e. The summed E-state index contributed by atoms with van der Waals surface area (Å²) in [5, 5.41) is 14.3. The average molecular weight is 414 g/mol. The summed E-state index contributed by atoms with van der Waals surface area (Å²) in [6, 6.07) is 4.55. The van der Waals surface area contributed by atoms with Crippen molar-refractivity contribution in [3.63, 3.8) is 0 Å². The molecule has 152 valence electrons. The molecule has 2 amide bonds. The van der Waals surface area contributed by atoms with Crippen molar-refractivity contribution in [2.45, 2.75) is 51.1 Å². The molecule has 1 saturated carbocycles. The van der Waals surface area contributed by atoms with Gasteiger partial charge in [0.05, 0.1) is 11.0 Å². The molecule has 3 heterocycles. The van der Waals surface area contributed by atoms with Crippen LogP contribution in [0.2, 0.25) is 0 Å². The summed E-state index contributed by atoms with van der Waals surface area (Å²) in [7, 11) is 0. The highest BCUT2D eigenvalue weighted by molar-refractivity contribution is 7.80. The molecule has 2 saturated heterocycles. The summed E-state index contributed by atoms with van der Waals surface area (Å²) in [6.45, 7) is 2.86. The lowest BCUT2D eigenvalue weighted by Crippen LogP contribution is -2.73. The Kier molecular flexibility index (Phi) is 3.96. The van der Waals surface area contributed by atoms with Crippen LogP contribution in [0.3, 0.4) is 0 Å². The Morgan fingerprint density at radius 2 is 2.03 bits per heavy atom. The Morgan fingerprint density at radius 3 is 2.72 bits per heavy atom. The first-order valence-corrected chi connectivity index (χ1v) is 10.5. The molecule has 1 spiro atoms. The summed E-state index contributed by atoms with van der Waals surface area (Å²) in [4.78, 5) is 41.8. The fourth-order valence-electron chi connectivity index (χ4n) is 5.21. The second-order valence-corrected chi connectivity index (χ2v) is 9.11. The van der Waals surface area contributed by atoms with Crippen LogP contribution in [0, 0.1) is 21.4 Å². The maximum absolute atomic E-state index is 13.8. The smallest absolute Gasteiger partial charge is 0.269 e. The van der Waals surface area contributed by atoms with Gasteiger partial charge in [0, 0.05) is 36.8 Å². The second-order valence-electron chi connectivity index (χ2n) is 8.72. The van der Waals surface area contributed by atoms with Gasteiger partial charge in [0.15, 0.2) is 10.5 Å². The number of thiocarbonyl (C=S) groups is 1. The third kappa shape index (κ3) is 2.59. The number of carbonyl (C=O) groups excluding carboxylic acids is 2. The average Bonchev–Trinajstić information content (AvgIpc) is 3.50. The van der Waals surface area contributed by atoms with Gasteiger partial charge in [-0.15, -0.1) is 0 Å². The van der Waals surface area contributed by atoms with E-state index < -0.39 is 10.3 Å². The van der Waals surface area contributed by atoms with E-state index in [2.05, 4.69) is 17.1 Å². The normalized spacial score (nSPS) is 31.4. The Bertz CT molecular complexity index is 962. The maximum atomic E-state index is 13.8. The van der Waals surface area contributed by atoms with Crippen LogP contribution in [0.25, 0.3) is 0 Å². The molecule has 3 fully saturated rings. The van der Waals surface area contributed by atoms with Crippen LogP contribution in [-0.2, 0) is 16.0 Å². The molecule has 3 atom stereocenters. The zero-order valence-corrected chi connectivity index (χ0v) is 16.9. The first-order valence-electron chi connectivity index (χ1n) is 10.1. The van der Waals surface area contributed by atoms with Crippen molar-refractivity contribution in [1.29, 1.82) is 0 Å². The molecule has 5 rings (SSSR count). The van der Waals surface area contributed by atoms with E-state index in [4.69, 9.17) is 12.2 Å². The van der Waals surface area contributed by atoms with Crippen molar-refractivity contribution in [2.75, 3.05) is 11.4 Å². The number of piperidine rings is 1. The molecule has 29 heavy (non-hydrogen) atoms. The third-order valence-corrected chi connectivity index (χ3v) is 7.14. The van der Waals surface area contributed by atoms with Crippen molar-refractivity contribution in [3.8, 4) is 0 Å². The second kappa shape index (κ2) is 6.22. The van der Waals surface area contributed by atoms with E-state index in [1.807, 2.05) is 0 Å². The van der Waals surface area contributed by atoms with Crippen LogP contribution in [0.1, 0.15) is 38.2 Å². The van der Waals surface area contributed by atoms with E-state index >= 15 is 0 Å². The van der Waals surface area contributed by atoms with E-state index in [1.165, 1.54) is 12.1 Å². The number of nitro benzene ring substituents is 1. The predicted molar refractivity (Wildman–Crippen MR) is 109 cm³/mol. The molecule has 1 aromatic carbocycles. The van der Waals surface area contributed by atoms with Gasteiger partial charge < -0.3 is 10.2 Å². The number of hydrogen-bond donors (Lipinski definition) is 1. The minimum absolute atomic E-state index is 0.0269. The molecule has 0 bridgehead atoms. The molecule has 0 aromatic heterocycles. The predicted octanol–water partition coefficient (Wildman–Crippen LogP) is 2.15. The number of anilines is 1. The molecule has 8 nitrogen and oxygen atoms in total. The molecular weight excluding hydrogens is 392 g/mol. The van der Waals surface area contributed by atoms with Crippen molar-refractivity contribution < 1.29 is 14.5 Å². The van der Waals surface area contributed by atoms with Crippen LogP contribution in [0.4, 0.5) is 11.4 Å². The van der Waals surface area contributed by atoms with Crippen LogP contribution in [0.15, 0.2) is 18.2 Å². The van der Waals surface area contributed by atoms with Gasteiger partial charge in [0.2, 0.25) is 11.8 Å². The zero-order valence-electron chi connectivity index (χ0n) is 16.1. The number of nitrogens with one attached hydrogen (secondary N) is 1. The highest BCUT2D eigenvalue weighted by atomic mass is 32.1. The number of fused-ring (bicyclic) bond motifs is 4. The number of nitro groups is 1. The van der Waals surface area contributed by atoms with Gasteiger partial charge >= 0.3 is 0 Å². The number of carbonyl (C=O) groups is 2. The highest BCUT2D eigenvalue weighted by Gasteiger charge is 2.63. The maximum Gasteiger partial charge on any atom is 0.269 e. The lowest BCUT2D eigenvalue weighted by Gasteiger charge is -2.55. The molecule has 3 aliphatic heterocycles. The first kappa shape index (κ1) is 18.5. The minimum atomic E-state index is -1.30. The molecule has 0 unspecified atom stereocenters. The number of benzene rings is 1. The van der Waals surface area contributed by atoms with Crippen molar-refractivity contribution in [1.82, 2.24) is 10.2 Å². The Morgan fingerprint density at radius 1 is 1.28 bits per heavy atom. The summed E-state index contributed by atoms with van der Waals surface area (Å²) in [5.41, 5.74) is 0.241. The van der Waals surface area contributed by atoms with E-state index in [1.54, 1.807) is 11.0 Å². The summed E-state index contributed by atoms with van der Waals surface area (Å²) in [6.07, 6.45) is 3.59. The Labute approximate surface area is 173 Å². The van der Waals surface area contributed by atoms with Crippen LogP contribution >= 0.6 is 12.2 Å². The standard InChI is InChI=1S/C20H22N4O4S/c1-11-6-7-22-15-5-4-14(24(27)28)9-12(15)10-20(16(22)8-11)17(25)21-19(29)23(18(20)26)13-2-3-13/h4-5,9,11,13,16H,2-3,6-8,10H2,1H3,(H,21,25,29)/t11-,16+,20-/m1/s1. The van der Waals surface area contributed by atoms with Crippen LogP contribution < -0.4 is 10.2 Å². The van der Waals surface area contributed by atoms with Gasteiger partial charge in [-0.05, 0) is 55.4 Å². The van der Waals surface area contributed by atoms with Gasteiger partial charge in [0.25, 0.3) is 5.69 Å². The first-order chi connectivity index (χ1) is 13.8. The van der Waals surface area contributed by atoms with E-state index in [0.29, 0.717) is 18.0 Å². The van der Waals surface area contributed by atoms with E-state index in [9.17, 15) is 19.7 Å².